The predicted molar refractivity (Wildman–Crippen MR) is 107 cm³/mol. The fraction of sp³-hybridized carbons (Fsp3) is 0.316. The molecule has 1 fully saturated rings. The molecule has 1 amide bonds. The van der Waals surface area contributed by atoms with Gasteiger partial charge in [0, 0.05) is 16.7 Å². The molecule has 2 aromatic heterocycles. The lowest BCUT2D eigenvalue weighted by molar-refractivity contribution is 0.175. The van der Waals surface area contributed by atoms with Crippen LogP contribution in [0.25, 0.3) is 11.4 Å². The second-order valence-corrected chi connectivity index (χ2v) is 7.84. The molecule has 1 aromatic carbocycles. The number of ether oxygens (including phenoxy) is 1. The minimum absolute atomic E-state index is 0.0285. The topological polar surface area (TPSA) is 106 Å². The first-order chi connectivity index (χ1) is 14.2. The van der Waals surface area contributed by atoms with Crippen LogP contribution in [0.2, 0.25) is 5.02 Å². The molecule has 1 aliphatic rings. The number of rotatable bonds is 5. The van der Waals surface area contributed by atoms with Gasteiger partial charge in [0.05, 0.1) is 5.54 Å². The zero-order valence-corrected chi connectivity index (χ0v) is 17.1. The molecule has 3 heterocycles. The fourth-order valence-electron chi connectivity index (χ4n) is 2.99. The van der Waals surface area contributed by atoms with Crippen LogP contribution in [0.1, 0.15) is 32.7 Å². The molecule has 0 aliphatic carbocycles. The molecule has 0 saturated carbocycles. The van der Waals surface area contributed by atoms with Crippen LogP contribution < -0.4 is 10.2 Å². The maximum atomic E-state index is 14.1. The summed E-state index contributed by atoms with van der Waals surface area (Å²) in [4.78, 5) is 25.7. The number of benzene rings is 1. The third-order valence-corrected chi connectivity index (χ3v) is 4.76. The van der Waals surface area contributed by atoms with Crippen LogP contribution in [-0.2, 0) is 4.74 Å². The van der Waals surface area contributed by atoms with E-state index in [9.17, 15) is 9.18 Å². The summed E-state index contributed by atoms with van der Waals surface area (Å²) in [6.07, 6.45) is -0.596. The number of hydrogen-bond donors (Lipinski definition) is 1. The van der Waals surface area contributed by atoms with Crippen molar-refractivity contribution in [2.75, 3.05) is 16.8 Å². The molecule has 0 unspecified atom stereocenters. The molecular formula is C19H18ClFN6O3. The first kappa shape index (κ1) is 20.0. The van der Waals surface area contributed by atoms with Gasteiger partial charge in [0.15, 0.2) is 0 Å². The average molecular weight is 433 g/mol. The molecular weight excluding hydrogens is 415 g/mol. The number of carbonyl (C=O) groups excluding carboxylic acids is 1. The fourth-order valence-corrected chi connectivity index (χ4v) is 3.11. The van der Waals surface area contributed by atoms with Crippen LogP contribution in [0, 0.1) is 5.95 Å². The van der Waals surface area contributed by atoms with Crippen LogP contribution in [0.4, 0.5) is 21.0 Å². The summed E-state index contributed by atoms with van der Waals surface area (Å²) < 4.78 is 24.5. The summed E-state index contributed by atoms with van der Waals surface area (Å²) in [6, 6.07) is 7.55. The molecule has 4 rings (SSSR count). The minimum atomic E-state index is -0.794. The Labute approximate surface area is 176 Å². The minimum Gasteiger partial charge on any atom is -0.447 e. The van der Waals surface area contributed by atoms with Crippen LogP contribution in [-0.4, -0.2) is 38.3 Å². The van der Waals surface area contributed by atoms with Gasteiger partial charge in [-0.15, -0.1) is 0 Å². The quantitative estimate of drug-likeness (QED) is 0.597. The van der Waals surface area contributed by atoms with E-state index in [0.717, 1.165) is 11.6 Å². The second kappa shape index (κ2) is 7.52. The van der Waals surface area contributed by atoms with Gasteiger partial charge in [0.1, 0.15) is 18.5 Å². The number of carbonyl (C=O) groups is 1. The molecule has 0 radical (unpaired) electrons. The first-order valence-corrected chi connectivity index (χ1v) is 9.48. The van der Waals surface area contributed by atoms with Crippen molar-refractivity contribution in [3.63, 3.8) is 0 Å². The number of nitrogens with one attached hydrogen (secondary N) is 1. The Kier molecular flexibility index (Phi) is 5.02. The van der Waals surface area contributed by atoms with Gasteiger partial charge in [0.25, 0.3) is 0 Å². The highest BCUT2D eigenvalue weighted by atomic mass is 35.5. The van der Waals surface area contributed by atoms with Crippen molar-refractivity contribution in [3.05, 3.63) is 47.2 Å². The van der Waals surface area contributed by atoms with Crippen molar-refractivity contribution in [1.82, 2.24) is 20.1 Å². The summed E-state index contributed by atoms with van der Waals surface area (Å²) in [5.74, 6) is -0.0816. The smallest absolute Gasteiger partial charge is 0.416 e. The largest absolute Gasteiger partial charge is 0.447 e. The van der Waals surface area contributed by atoms with Crippen LogP contribution in [0.3, 0.4) is 0 Å². The number of anilines is 2. The van der Waals surface area contributed by atoms with Crippen LogP contribution in [0.5, 0.6) is 0 Å². The third kappa shape index (κ3) is 3.90. The van der Waals surface area contributed by atoms with E-state index >= 15 is 0 Å². The lowest BCUT2D eigenvalue weighted by atomic mass is 10.1. The number of halogens is 2. The van der Waals surface area contributed by atoms with Crippen molar-refractivity contribution in [2.45, 2.75) is 32.4 Å². The molecule has 1 saturated heterocycles. The van der Waals surface area contributed by atoms with Gasteiger partial charge in [-0.1, -0.05) is 16.8 Å². The van der Waals surface area contributed by atoms with Gasteiger partial charge in [-0.05, 0) is 45.0 Å². The Bertz CT molecular complexity index is 1090. The van der Waals surface area contributed by atoms with Gasteiger partial charge in [-0.2, -0.15) is 19.3 Å². The lowest BCUT2D eigenvalue weighted by Crippen LogP contribution is -2.42. The number of cyclic esters (lactones) is 1. The van der Waals surface area contributed by atoms with Crippen molar-refractivity contribution in [1.29, 1.82) is 0 Å². The number of hydrogen-bond acceptors (Lipinski definition) is 8. The van der Waals surface area contributed by atoms with Gasteiger partial charge >= 0.3 is 6.09 Å². The molecule has 156 valence electrons. The molecule has 1 N–H and O–H groups in total. The Morgan fingerprint density at radius 1 is 1.23 bits per heavy atom. The van der Waals surface area contributed by atoms with Crippen LogP contribution >= 0.6 is 11.6 Å². The monoisotopic (exact) mass is 432 g/mol. The van der Waals surface area contributed by atoms with Crippen molar-refractivity contribution < 1.29 is 18.4 Å². The second-order valence-electron chi connectivity index (χ2n) is 7.40. The lowest BCUT2D eigenvalue weighted by Gasteiger charge is -2.26. The van der Waals surface area contributed by atoms with Gasteiger partial charge < -0.3 is 14.6 Å². The predicted octanol–water partition coefficient (Wildman–Crippen LogP) is 4.23. The molecule has 0 bridgehead atoms. The molecule has 1 aliphatic heterocycles. The third-order valence-electron chi connectivity index (χ3n) is 4.51. The summed E-state index contributed by atoms with van der Waals surface area (Å²) in [7, 11) is 0. The van der Waals surface area contributed by atoms with E-state index in [1.165, 1.54) is 4.90 Å². The van der Waals surface area contributed by atoms with E-state index in [0.29, 0.717) is 10.8 Å². The van der Waals surface area contributed by atoms with E-state index in [1.807, 2.05) is 0 Å². The highest BCUT2D eigenvalue weighted by molar-refractivity contribution is 6.30. The van der Waals surface area contributed by atoms with E-state index in [4.69, 9.17) is 20.9 Å². The van der Waals surface area contributed by atoms with E-state index in [1.54, 1.807) is 45.0 Å². The summed E-state index contributed by atoms with van der Waals surface area (Å²) in [6.45, 7) is 5.50. The van der Waals surface area contributed by atoms with E-state index in [2.05, 4.69) is 25.4 Å². The molecule has 1 atom stereocenters. The standard InChI is InChI=1S/C19H18ClFN6O3/c1-10(16-25-15(26-30-16)11-4-6-12(20)7-5-11)22-17-23-13(21)8-14(24-17)27-18(28)29-9-19(27,2)3/h4-8,10H,9H2,1-3H3,(H,22,23,24)/t10-/m0/s1. The first-order valence-electron chi connectivity index (χ1n) is 9.10. The van der Waals surface area contributed by atoms with E-state index in [-0.39, 0.29) is 24.3 Å². The molecule has 3 aromatic rings. The highest BCUT2D eigenvalue weighted by Crippen LogP contribution is 2.30. The normalized spacial score (nSPS) is 16.4. The summed E-state index contributed by atoms with van der Waals surface area (Å²) in [5, 5.41) is 7.47. The van der Waals surface area contributed by atoms with Crippen molar-refractivity contribution in [2.24, 2.45) is 0 Å². The van der Waals surface area contributed by atoms with Crippen LogP contribution in [0.15, 0.2) is 34.9 Å². The zero-order chi connectivity index (χ0) is 21.5. The molecule has 11 heteroatoms. The van der Waals surface area contributed by atoms with Crippen molar-refractivity contribution >= 4 is 29.5 Å². The molecule has 30 heavy (non-hydrogen) atoms. The summed E-state index contributed by atoms with van der Waals surface area (Å²) >= 11 is 5.89. The zero-order valence-electron chi connectivity index (χ0n) is 16.4. The Morgan fingerprint density at radius 3 is 2.63 bits per heavy atom. The highest BCUT2D eigenvalue weighted by Gasteiger charge is 2.42. The maximum absolute atomic E-state index is 14.1. The summed E-state index contributed by atoms with van der Waals surface area (Å²) in [5.41, 5.74) is 0.0708. The Morgan fingerprint density at radius 2 is 1.97 bits per heavy atom. The number of nitrogens with zero attached hydrogens (tertiary/aromatic N) is 5. The average Bonchev–Trinajstić information content (AvgIpc) is 3.26. The SMILES string of the molecule is C[C@H](Nc1nc(F)cc(N2C(=O)OCC2(C)C)n1)c1nc(-c2ccc(Cl)cc2)no1. The maximum Gasteiger partial charge on any atom is 0.416 e. The van der Waals surface area contributed by atoms with Gasteiger partial charge in [-0.3, -0.25) is 4.90 Å². The van der Waals surface area contributed by atoms with Gasteiger partial charge in [0.2, 0.25) is 23.6 Å². The van der Waals surface area contributed by atoms with Crippen molar-refractivity contribution in [3.8, 4) is 11.4 Å². The van der Waals surface area contributed by atoms with E-state index < -0.39 is 23.6 Å². The molecule has 9 nitrogen and oxygen atoms in total. The molecule has 0 spiro atoms. The van der Waals surface area contributed by atoms with Gasteiger partial charge in [-0.25, -0.2) is 4.79 Å². The number of aromatic nitrogens is 4. The Hall–Kier alpha value is -3.27. The number of amides is 1. The Balaban J connectivity index is 1.55.